The molecule has 0 aromatic heterocycles. The number of imide groups is 1. The maximum Gasteiger partial charge on any atom is 0.256 e. The predicted molar refractivity (Wildman–Crippen MR) is 75.3 cm³/mol. The van der Waals surface area contributed by atoms with E-state index in [9.17, 15) is 9.59 Å². The van der Waals surface area contributed by atoms with Crippen LogP contribution in [0.3, 0.4) is 0 Å². The highest BCUT2D eigenvalue weighted by atomic mass is 16.2. The van der Waals surface area contributed by atoms with Crippen molar-refractivity contribution in [3.63, 3.8) is 0 Å². The molecule has 0 atom stereocenters. The molecular formula is C16H17NO2. The lowest BCUT2D eigenvalue weighted by atomic mass is 10.1. The van der Waals surface area contributed by atoms with Gasteiger partial charge in [0.05, 0.1) is 0 Å². The highest BCUT2D eigenvalue weighted by Crippen LogP contribution is 2.12. The monoisotopic (exact) mass is 255 g/mol. The van der Waals surface area contributed by atoms with Gasteiger partial charge < -0.3 is 0 Å². The van der Waals surface area contributed by atoms with E-state index in [0.29, 0.717) is 12.1 Å². The molecule has 2 amide bonds. The number of nitrogens with zero attached hydrogens (tertiary/aromatic N) is 1. The first-order chi connectivity index (χ1) is 9.08. The standard InChI is InChI=1S/C16H17NO2/c1-12-5-7-14(8-6-12)9-10-15(18)17-11-3-4-13(2)16(17)19/h4-10H,3,11H2,1-2H3/b10-9+. The third-order valence-corrected chi connectivity index (χ3v) is 3.15. The van der Waals surface area contributed by atoms with Crippen molar-refractivity contribution < 1.29 is 9.59 Å². The van der Waals surface area contributed by atoms with Crippen molar-refractivity contribution in [2.24, 2.45) is 0 Å². The number of carbonyl (C=O) groups is 2. The molecule has 1 aliphatic rings. The summed E-state index contributed by atoms with van der Waals surface area (Å²) in [5.41, 5.74) is 2.77. The molecule has 1 aliphatic heterocycles. The molecule has 3 heteroatoms. The van der Waals surface area contributed by atoms with E-state index in [1.807, 2.05) is 37.3 Å². The smallest absolute Gasteiger partial charge is 0.256 e. The summed E-state index contributed by atoms with van der Waals surface area (Å²) >= 11 is 0. The highest BCUT2D eigenvalue weighted by Gasteiger charge is 2.22. The fourth-order valence-corrected chi connectivity index (χ4v) is 1.96. The average molecular weight is 255 g/mol. The average Bonchev–Trinajstić information content (AvgIpc) is 2.41. The summed E-state index contributed by atoms with van der Waals surface area (Å²) in [7, 11) is 0. The molecule has 0 aliphatic carbocycles. The molecular weight excluding hydrogens is 238 g/mol. The summed E-state index contributed by atoms with van der Waals surface area (Å²) in [4.78, 5) is 25.1. The Morgan fingerprint density at radius 1 is 1.21 bits per heavy atom. The van der Waals surface area contributed by atoms with Crippen molar-refractivity contribution in [2.75, 3.05) is 6.54 Å². The fraction of sp³-hybridized carbons (Fsp3) is 0.250. The van der Waals surface area contributed by atoms with E-state index in [-0.39, 0.29) is 11.8 Å². The topological polar surface area (TPSA) is 37.4 Å². The number of rotatable bonds is 2. The van der Waals surface area contributed by atoms with Crippen LogP contribution in [0.1, 0.15) is 24.5 Å². The Hall–Kier alpha value is -2.16. The Morgan fingerprint density at radius 3 is 2.58 bits per heavy atom. The van der Waals surface area contributed by atoms with Crippen LogP contribution >= 0.6 is 0 Å². The zero-order valence-electron chi connectivity index (χ0n) is 11.2. The van der Waals surface area contributed by atoms with E-state index in [4.69, 9.17) is 0 Å². The molecule has 0 spiro atoms. The van der Waals surface area contributed by atoms with E-state index in [2.05, 4.69) is 0 Å². The number of benzene rings is 1. The Morgan fingerprint density at radius 2 is 1.89 bits per heavy atom. The number of hydrogen-bond acceptors (Lipinski definition) is 2. The van der Waals surface area contributed by atoms with Gasteiger partial charge in [0.25, 0.3) is 11.8 Å². The molecule has 0 saturated carbocycles. The van der Waals surface area contributed by atoms with E-state index in [1.54, 1.807) is 13.0 Å². The molecule has 1 aromatic carbocycles. The summed E-state index contributed by atoms with van der Waals surface area (Å²) in [6, 6.07) is 7.87. The molecule has 1 aromatic rings. The van der Waals surface area contributed by atoms with Gasteiger partial charge in [0.15, 0.2) is 0 Å². The van der Waals surface area contributed by atoms with Crippen LogP contribution in [0.5, 0.6) is 0 Å². The second-order valence-corrected chi connectivity index (χ2v) is 4.71. The highest BCUT2D eigenvalue weighted by molar-refractivity contribution is 6.09. The normalized spacial score (nSPS) is 15.8. The summed E-state index contributed by atoms with van der Waals surface area (Å²) in [5.74, 6) is -0.442. The quantitative estimate of drug-likeness (QED) is 0.762. The van der Waals surface area contributed by atoms with Crippen molar-refractivity contribution in [3.8, 4) is 0 Å². The molecule has 98 valence electrons. The van der Waals surface area contributed by atoms with Crippen molar-refractivity contribution >= 4 is 17.9 Å². The van der Waals surface area contributed by atoms with Crippen molar-refractivity contribution in [3.05, 3.63) is 53.1 Å². The van der Waals surface area contributed by atoms with E-state index < -0.39 is 0 Å². The Labute approximate surface area is 113 Å². The van der Waals surface area contributed by atoms with Gasteiger partial charge >= 0.3 is 0 Å². The molecule has 0 saturated heterocycles. The zero-order valence-corrected chi connectivity index (χ0v) is 11.2. The first-order valence-electron chi connectivity index (χ1n) is 6.35. The molecule has 1 heterocycles. The van der Waals surface area contributed by atoms with Gasteiger partial charge in [-0.05, 0) is 31.9 Å². The van der Waals surface area contributed by atoms with Gasteiger partial charge in [0, 0.05) is 18.2 Å². The maximum absolute atomic E-state index is 12.0. The molecule has 0 unspecified atom stereocenters. The van der Waals surface area contributed by atoms with Crippen LogP contribution < -0.4 is 0 Å². The van der Waals surface area contributed by atoms with Gasteiger partial charge in [-0.1, -0.05) is 35.9 Å². The van der Waals surface area contributed by atoms with Gasteiger partial charge in [-0.3, -0.25) is 14.5 Å². The van der Waals surface area contributed by atoms with Gasteiger partial charge in [-0.2, -0.15) is 0 Å². The first-order valence-corrected chi connectivity index (χ1v) is 6.35. The largest absolute Gasteiger partial charge is 0.275 e. The predicted octanol–water partition coefficient (Wildman–Crippen LogP) is 2.71. The minimum Gasteiger partial charge on any atom is -0.275 e. The lowest BCUT2D eigenvalue weighted by Crippen LogP contribution is -2.39. The van der Waals surface area contributed by atoms with Crippen molar-refractivity contribution in [2.45, 2.75) is 20.3 Å². The molecule has 0 fully saturated rings. The van der Waals surface area contributed by atoms with Gasteiger partial charge in [-0.15, -0.1) is 0 Å². The van der Waals surface area contributed by atoms with E-state index >= 15 is 0 Å². The second kappa shape index (κ2) is 5.65. The van der Waals surface area contributed by atoms with Crippen molar-refractivity contribution in [1.82, 2.24) is 4.90 Å². The Kier molecular flexibility index (Phi) is 3.95. The minimum absolute atomic E-state index is 0.190. The molecule has 0 radical (unpaired) electrons. The van der Waals surface area contributed by atoms with Gasteiger partial charge in [0.1, 0.15) is 0 Å². The van der Waals surface area contributed by atoms with Crippen LogP contribution in [0, 0.1) is 6.92 Å². The number of hydrogen-bond donors (Lipinski definition) is 0. The van der Waals surface area contributed by atoms with Crippen LogP contribution in [0.4, 0.5) is 0 Å². The second-order valence-electron chi connectivity index (χ2n) is 4.71. The van der Waals surface area contributed by atoms with Gasteiger partial charge in [0.2, 0.25) is 0 Å². The number of carbonyl (C=O) groups excluding carboxylic acids is 2. The van der Waals surface area contributed by atoms with Crippen LogP contribution in [0.15, 0.2) is 42.0 Å². The summed E-state index contributed by atoms with van der Waals surface area (Å²) in [5, 5.41) is 0. The summed E-state index contributed by atoms with van der Waals surface area (Å²) in [6.07, 6.45) is 5.81. The third-order valence-electron chi connectivity index (χ3n) is 3.15. The Bertz CT molecular complexity index is 553. The zero-order chi connectivity index (χ0) is 13.8. The summed E-state index contributed by atoms with van der Waals surface area (Å²) in [6.45, 7) is 4.22. The van der Waals surface area contributed by atoms with Crippen LogP contribution in [-0.2, 0) is 9.59 Å². The minimum atomic E-state index is -0.252. The third kappa shape index (κ3) is 3.19. The first kappa shape index (κ1) is 13.3. The SMILES string of the molecule is CC1=CCCN(C(=O)/C=C/c2ccc(C)cc2)C1=O. The number of aryl methyl sites for hydroxylation is 1. The van der Waals surface area contributed by atoms with E-state index in [0.717, 1.165) is 12.0 Å². The molecule has 0 bridgehead atoms. The molecule has 0 N–H and O–H groups in total. The summed E-state index contributed by atoms with van der Waals surface area (Å²) < 4.78 is 0. The van der Waals surface area contributed by atoms with Gasteiger partial charge in [-0.25, -0.2) is 0 Å². The molecule has 19 heavy (non-hydrogen) atoms. The van der Waals surface area contributed by atoms with Crippen LogP contribution in [-0.4, -0.2) is 23.3 Å². The number of amides is 2. The van der Waals surface area contributed by atoms with Crippen LogP contribution in [0.25, 0.3) is 6.08 Å². The van der Waals surface area contributed by atoms with Crippen molar-refractivity contribution in [1.29, 1.82) is 0 Å². The lowest BCUT2D eigenvalue weighted by Gasteiger charge is -2.22. The fourth-order valence-electron chi connectivity index (χ4n) is 1.96. The lowest BCUT2D eigenvalue weighted by molar-refractivity contribution is -0.139. The van der Waals surface area contributed by atoms with Crippen LogP contribution in [0.2, 0.25) is 0 Å². The Balaban J connectivity index is 2.07. The molecule has 3 nitrogen and oxygen atoms in total. The molecule has 2 rings (SSSR count). The van der Waals surface area contributed by atoms with E-state index in [1.165, 1.54) is 16.5 Å². The maximum atomic E-state index is 12.0.